The van der Waals surface area contributed by atoms with Gasteiger partial charge in [0.15, 0.2) is 0 Å². The maximum atomic E-state index is 12.1. The summed E-state index contributed by atoms with van der Waals surface area (Å²) in [6.45, 7) is 4.81. The van der Waals surface area contributed by atoms with Crippen molar-refractivity contribution in [3.05, 3.63) is 35.4 Å². The van der Waals surface area contributed by atoms with Crippen LogP contribution in [0.15, 0.2) is 24.3 Å². The summed E-state index contributed by atoms with van der Waals surface area (Å²) in [4.78, 5) is 0. The second-order valence-electron chi connectivity index (χ2n) is 6.07. The Labute approximate surface area is 121 Å². The molecule has 0 heterocycles. The van der Waals surface area contributed by atoms with Gasteiger partial charge < -0.3 is 5.11 Å². The Bertz CT molecular complexity index is 545. The molecule has 4 nitrogen and oxygen atoms in total. The number of sulfonamides is 1. The number of nitrogens with one attached hydrogen (secondary N) is 1. The van der Waals surface area contributed by atoms with Crippen LogP contribution in [0.2, 0.25) is 0 Å². The molecule has 0 aromatic heterocycles. The van der Waals surface area contributed by atoms with E-state index in [9.17, 15) is 8.42 Å². The topological polar surface area (TPSA) is 66.4 Å². The van der Waals surface area contributed by atoms with E-state index >= 15 is 0 Å². The Morgan fingerprint density at radius 1 is 1.20 bits per heavy atom. The van der Waals surface area contributed by atoms with Gasteiger partial charge in [0.1, 0.15) is 0 Å². The molecule has 112 valence electrons. The summed E-state index contributed by atoms with van der Waals surface area (Å²) in [6, 6.07) is 7.00. The van der Waals surface area contributed by atoms with Crippen molar-refractivity contribution in [3.8, 4) is 0 Å². The summed E-state index contributed by atoms with van der Waals surface area (Å²) >= 11 is 0. The van der Waals surface area contributed by atoms with Gasteiger partial charge >= 0.3 is 0 Å². The van der Waals surface area contributed by atoms with Crippen LogP contribution in [0.5, 0.6) is 0 Å². The van der Waals surface area contributed by atoms with Crippen LogP contribution in [0.3, 0.4) is 0 Å². The zero-order chi connectivity index (χ0) is 14.8. The van der Waals surface area contributed by atoms with E-state index in [0.717, 1.165) is 24.0 Å². The first-order valence-corrected chi connectivity index (χ1v) is 8.68. The van der Waals surface area contributed by atoms with Crippen LogP contribution in [0, 0.1) is 11.3 Å². The number of hydrogen-bond acceptors (Lipinski definition) is 3. The third-order valence-electron chi connectivity index (χ3n) is 4.32. The molecule has 0 bridgehead atoms. The maximum absolute atomic E-state index is 12.1. The molecule has 2 rings (SSSR count). The fraction of sp³-hybridized carbons (Fsp3) is 0.600. The van der Waals surface area contributed by atoms with Gasteiger partial charge in [0.25, 0.3) is 0 Å². The quantitative estimate of drug-likeness (QED) is 0.809. The lowest BCUT2D eigenvalue weighted by molar-refractivity contribution is 0.282. The molecule has 0 amide bonds. The molecule has 0 spiro atoms. The number of aliphatic hydroxyl groups is 1. The zero-order valence-corrected chi connectivity index (χ0v) is 12.9. The molecule has 1 aliphatic rings. The van der Waals surface area contributed by atoms with E-state index in [1.807, 2.05) is 0 Å². The summed E-state index contributed by atoms with van der Waals surface area (Å²) in [5, 5.41) is 8.96. The molecule has 5 heteroatoms. The predicted molar refractivity (Wildman–Crippen MR) is 79.5 cm³/mol. The number of aliphatic hydroxyl groups excluding tert-OH is 1. The molecule has 0 aliphatic heterocycles. The largest absolute Gasteiger partial charge is 0.392 e. The third-order valence-corrected chi connectivity index (χ3v) is 5.62. The molecular formula is C15H23NO3S. The number of hydrogen-bond donors (Lipinski definition) is 2. The molecule has 1 aromatic rings. The van der Waals surface area contributed by atoms with Gasteiger partial charge in [-0.15, -0.1) is 0 Å². The average molecular weight is 297 g/mol. The number of benzene rings is 1. The van der Waals surface area contributed by atoms with Gasteiger partial charge in [-0.05, 0) is 35.3 Å². The standard InChI is InChI=1S/C15H23NO3S/c1-12(2)15(7-8-15)11-16-20(18,19)10-14-5-3-13(9-17)4-6-14/h3-6,12,16-17H,7-11H2,1-2H3. The number of rotatable bonds is 7. The summed E-state index contributed by atoms with van der Waals surface area (Å²) in [7, 11) is -3.29. The highest BCUT2D eigenvalue weighted by atomic mass is 32.2. The lowest BCUT2D eigenvalue weighted by Crippen LogP contribution is -2.33. The molecule has 1 fully saturated rings. The highest BCUT2D eigenvalue weighted by Crippen LogP contribution is 2.51. The first kappa shape index (κ1) is 15.5. The minimum absolute atomic E-state index is 0.00706. The Morgan fingerprint density at radius 2 is 1.75 bits per heavy atom. The van der Waals surface area contributed by atoms with E-state index < -0.39 is 10.0 Å². The second-order valence-corrected chi connectivity index (χ2v) is 7.88. The van der Waals surface area contributed by atoms with Gasteiger partial charge in [-0.1, -0.05) is 38.1 Å². The molecule has 0 atom stereocenters. The lowest BCUT2D eigenvalue weighted by atomic mass is 9.93. The fourth-order valence-corrected chi connectivity index (χ4v) is 3.62. The Morgan fingerprint density at radius 3 is 2.20 bits per heavy atom. The molecule has 1 aromatic carbocycles. The Balaban J connectivity index is 1.93. The summed E-state index contributed by atoms with van der Waals surface area (Å²) in [5.41, 5.74) is 1.70. The maximum Gasteiger partial charge on any atom is 0.215 e. The first-order valence-electron chi connectivity index (χ1n) is 7.03. The molecule has 0 saturated heterocycles. The van der Waals surface area contributed by atoms with Crippen molar-refractivity contribution in [2.45, 2.75) is 39.0 Å². The average Bonchev–Trinajstić information content (AvgIpc) is 3.18. The van der Waals surface area contributed by atoms with Crippen molar-refractivity contribution in [3.63, 3.8) is 0 Å². The van der Waals surface area contributed by atoms with Crippen LogP contribution in [-0.2, 0) is 22.4 Å². The minimum Gasteiger partial charge on any atom is -0.392 e. The van der Waals surface area contributed by atoms with Gasteiger partial charge in [0.2, 0.25) is 10.0 Å². The summed E-state index contributed by atoms with van der Waals surface area (Å²) < 4.78 is 26.9. The van der Waals surface area contributed by atoms with E-state index in [0.29, 0.717) is 12.5 Å². The van der Waals surface area contributed by atoms with E-state index in [2.05, 4.69) is 18.6 Å². The second kappa shape index (κ2) is 5.84. The van der Waals surface area contributed by atoms with Gasteiger partial charge in [-0.2, -0.15) is 0 Å². The van der Waals surface area contributed by atoms with Gasteiger partial charge in [-0.3, -0.25) is 0 Å². The molecular weight excluding hydrogens is 274 g/mol. The van der Waals surface area contributed by atoms with Crippen molar-refractivity contribution in [1.29, 1.82) is 0 Å². The van der Waals surface area contributed by atoms with Crippen molar-refractivity contribution in [2.75, 3.05) is 6.54 Å². The lowest BCUT2D eigenvalue weighted by Gasteiger charge is -2.20. The van der Waals surface area contributed by atoms with Crippen LogP contribution < -0.4 is 4.72 Å². The van der Waals surface area contributed by atoms with E-state index in [1.54, 1.807) is 24.3 Å². The highest BCUT2D eigenvalue weighted by molar-refractivity contribution is 7.88. The highest BCUT2D eigenvalue weighted by Gasteiger charge is 2.45. The van der Waals surface area contributed by atoms with Crippen molar-refractivity contribution >= 4 is 10.0 Å². The zero-order valence-electron chi connectivity index (χ0n) is 12.1. The van der Waals surface area contributed by atoms with Crippen molar-refractivity contribution in [2.24, 2.45) is 11.3 Å². The minimum atomic E-state index is -3.29. The van der Waals surface area contributed by atoms with Crippen LogP contribution >= 0.6 is 0 Å². The fourth-order valence-electron chi connectivity index (χ4n) is 2.38. The molecule has 20 heavy (non-hydrogen) atoms. The van der Waals surface area contributed by atoms with E-state index in [1.165, 1.54) is 0 Å². The van der Waals surface area contributed by atoms with Gasteiger partial charge in [0, 0.05) is 6.54 Å². The predicted octanol–water partition coefficient (Wildman–Crippen LogP) is 2.03. The molecule has 1 saturated carbocycles. The normalized spacial score (nSPS) is 17.4. The Hall–Kier alpha value is -0.910. The monoisotopic (exact) mass is 297 g/mol. The Kier molecular flexibility index (Phi) is 4.52. The smallest absolute Gasteiger partial charge is 0.215 e. The molecule has 2 N–H and O–H groups in total. The van der Waals surface area contributed by atoms with Crippen LogP contribution in [0.4, 0.5) is 0 Å². The van der Waals surface area contributed by atoms with Crippen LogP contribution in [0.1, 0.15) is 37.8 Å². The van der Waals surface area contributed by atoms with E-state index in [4.69, 9.17) is 5.11 Å². The SMILES string of the molecule is CC(C)C1(CNS(=O)(=O)Cc2ccc(CO)cc2)CC1. The third kappa shape index (κ3) is 3.81. The molecule has 0 radical (unpaired) electrons. The van der Waals surface area contributed by atoms with Crippen molar-refractivity contribution in [1.82, 2.24) is 4.72 Å². The van der Waals surface area contributed by atoms with Crippen molar-refractivity contribution < 1.29 is 13.5 Å². The molecule has 1 aliphatic carbocycles. The van der Waals surface area contributed by atoms with Crippen LogP contribution in [-0.4, -0.2) is 20.1 Å². The first-order chi connectivity index (χ1) is 9.37. The summed E-state index contributed by atoms with van der Waals surface area (Å²) in [6.07, 6.45) is 2.22. The van der Waals surface area contributed by atoms with Gasteiger partial charge in [-0.25, -0.2) is 13.1 Å². The van der Waals surface area contributed by atoms with E-state index in [-0.39, 0.29) is 17.8 Å². The van der Waals surface area contributed by atoms with Gasteiger partial charge in [0.05, 0.1) is 12.4 Å². The van der Waals surface area contributed by atoms with Crippen LogP contribution in [0.25, 0.3) is 0 Å². The molecule has 0 unspecified atom stereocenters. The summed E-state index contributed by atoms with van der Waals surface area (Å²) in [5.74, 6) is 0.501.